The predicted octanol–water partition coefficient (Wildman–Crippen LogP) is 2.60. The summed E-state index contributed by atoms with van der Waals surface area (Å²) in [5.41, 5.74) is 3.26. The van der Waals surface area contributed by atoms with Gasteiger partial charge < -0.3 is 14.3 Å². The number of likely N-dealkylation sites (tertiary alicyclic amines) is 1. The summed E-state index contributed by atoms with van der Waals surface area (Å²) < 4.78 is 5.25. The molecule has 2 aliphatic rings. The van der Waals surface area contributed by atoms with Gasteiger partial charge in [-0.25, -0.2) is 9.97 Å². The molecule has 0 saturated carbocycles. The predicted molar refractivity (Wildman–Crippen MR) is 101 cm³/mol. The van der Waals surface area contributed by atoms with Crippen molar-refractivity contribution in [3.05, 3.63) is 40.8 Å². The minimum Gasteiger partial charge on any atom is -0.351 e. The number of hydrogen-bond acceptors (Lipinski definition) is 6. The van der Waals surface area contributed by atoms with Gasteiger partial charge in [0.15, 0.2) is 0 Å². The van der Waals surface area contributed by atoms with Gasteiger partial charge in [0, 0.05) is 62.0 Å². The molecule has 1 fully saturated rings. The third kappa shape index (κ3) is 3.74. The van der Waals surface area contributed by atoms with Crippen molar-refractivity contribution in [2.75, 3.05) is 26.7 Å². The van der Waals surface area contributed by atoms with Crippen molar-refractivity contribution < 1.29 is 9.32 Å². The average molecular weight is 369 g/mol. The fraction of sp³-hybridized carbons (Fsp3) is 0.600. The van der Waals surface area contributed by atoms with Crippen LogP contribution in [0.4, 0.5) is 0 Å². The van der Waals surface area contributed by atoms with Gasteiger partial charge in [0.2, 0.25) is 5.76 Å². The van der Waals surface area contributed by atoms with Crippen molar-refractivity contribution in [2.45, 2.75) is 51.5 Å². The molecule has 4 rings (SSSR count). The zero-order valence-corrected chi connectivity index (χ0v) is 16.3. The van der Waals surface area contributed by atoms with Gasteiger partial charge in [-0.15, -0.1) is 0 Å². The van der Waals surface area contributed by atoms with Crippen LogP contribution < -0.4 is 0 Å². The smallest absolute Gasteiger partial charge is 0.292 e. The van der Waals surface area contributed by atoms with E-state index in [4.69, 9.17) is 9.51 Å². The van der Waals surface area contributed by atoms with Gasteiger partial charge >= 0.3 is 0 Å². The van der Waals surface area contributed by atoms with E-state index >= 15 is 0 Å². The number of carbonyl (C=O) groups excluding carboxylic acids is 1. The number of fused-ring (bicyclic) bond motifs is 1. The standard InChI is InChI=1S/C20H27N5O2/c1-13(2)17-10-18(27-23-17)20(26)25-8-4-14(5-9-25)19-21-11-15-12-24(3)7-6-16(15)22-19/h10-11,13-14H,4-9,12H2,1-3H3. The Balaban J connectivity index is 1.39. The molecule has 0 aliphatic carbocycles. The van der Waals surface area contributed by atoms with Crippen molar-refractivity contribution in [2.24, 2.45) is 0 Å². The highest BCUT2D eigenvalue weighted by molar-refractivity contribution is 5.91. The first-order valence-electron chi connectivity index (χ1n) is 9.80. The number of rotatable bonds is 3. The topological polar surface area (TPSA) is 75.4 Å². The zero-order chi connectivity index (χ0) is 19.0. The molecule has 2 aliphatic heterocycles. The first kappa shape index (κ1) is 18.1. The van der Waals surface area contributed by atoms with Crippen LogP contribution in [-0.2, 0) is 13.0 Å². The first-order valence-corrected chi connectivity index (χ1v) is 9.80. The number of hydrogen-bond donors (Lipinski definition) is 0. The van der Waals surface area contributed by atoms with E-state index in [1.807, 2.05) is 24.9 Å². The molecule has 0 bridgehead atoms. The Morgan fingerprint density at radius 1 is 1.26 bits per heavy atom. The molecule has 4 heterocycles. The first-order chi connectivity index (χ1) is 13.0. The van der Waals surface area contributed by atoms with Gasteiger partial charge in [0.1, 0.15) is 5.82 Å². The van der Waals surface area contributed by atoms with E-state index in [0.29, 0.717) is 24.8 Å². The van der Waals surface area contributed by atoms with Gasteiger partial charge in [-0.1, -0.05) is 19.0 Å². The summed E-state index contributed by atoms with van der Waals surface area (Å²) in [4.78, 5) is 26.3. The highest BCUT2D eigenvalue weighted by atomic mass is 16.5. The van der Waals surface area contributed by atoms with Gasteiger partial charge in [0.25, 0.3) is 5.91 Å². The quantitative estimate of drug-likeness (QED) is 0.828. The molecule has 1 amide bonds. The Bertz CT molecular complexity index is 824. The number of carbonyl (C=O) groups is 1. The molecular formula is C20H27N5O2. The summed E-state index contributed by atoms with van der Waals surface area (Å²) in [5.74, 6) is 1.78. The van der Waals surface area contributed by atoms with Crippen LogP contribution in [0, 0.1) is 0 Å². The van der Waals surface area contributed by atoms with Crippen molar-refractivity contribution >= 4 is 5.91 Å². The minimum absolute atomic E-state index is 0.0674. The lowest BCUT2D eigenvalue weighted by Crippen LogP contribution is -2.38. The van der Waals surface area contributed by atoms with Crippen molar-refractivity contribution in [1.29, 1.82) is 0 Å². The normalized spacial score (nSPS) is 18.7. The van der Waals surface area contributed by atoms with Crippen LogP contribution >= 0.6 is 0 Å². The fourth-order valence-electron chi connectivity index (χ4n) is 3.83. The Kier molecular flexibility index (Phi) is 4.95. The second kappa shape index (κ2) is 7.38. The van der Waals surface area contributed by atoms with Gasteiger partial charge in [0.05, 0.1) is 5.69 Å². The number of nitrogens with zero attached hydrogens (tertiary/aromatic N) is 5. The summed E-state index contributed by atoms with van der Waals surface area (Å²) >= 11 is 0. The molecule has 0 unspecified atom stereocenters. The third-order valence-electron chi connectivity index (χ3n) is 5.62. The maximum Gasteiger partial charge on any atom is 0.292 e. The Hall–Kier alpha value is -2.28. The molecule has 0 N–H and O–H groups in total. The lowest BCUT2D eigenvalue weighted by atomic mass is 9.95. The van der Waals surface area contributed by atoms with Crippen LogP contribution in [0.2, 0.25) is 0 Å². The molecule has 7 nitrogen and oxygen atoms in total. The number of piperidine rings is 1. The largest absolute Gasteiger partial charge is 0.351 e. The summed E-state index contributed by atoms with van der Waals surface area (Å²) in [6, 6.07) is 1.77. The maximum atomic E-state index is 12.7. The summed E-state index contributed by atoms with van der Waals surface area (Å²) in [5, 5.41) is 3.99. The van der Waals surface area contributed by atoms with E-state index in [1.54, 1.807) is 6.07 Å². The molecule has 0 aromatic carbocycles. The maximum absolute atomic E-state index is 12.7. The Labute approximate surface area is 159 Å². The van der Waals surface area contributed by atoms with Crippen LogP contribution in [0.5, 0.6) is 0 Å². The molecular weight excluding hydrogens is 342 g/mol. The summed E-state index contributed by atoms with van der Waals surface area (Å²) in [6.45, 7) is 7.45. The lowest BCUT2D eigenvalue weighted by molar-refractivity contribution is 0.0669. The molecule has 27 heavy (non-hydrogen) atoms. The van der Waals surface area contributed by atoms with Crippen LogP contribution in [0.25, 0.3) is 0 Å². The van der Waals surface area contributed by atoms with E-state index in [-0.39, 0.29) is 11.8 Å². The second-order valence-electron chi connectivity index (χ2n) is 8.03. The van der Waals surface area contributed by atoms with E-state index in [1.165, 1.54) is 11.3 Å². The molecule has 2 aromatic heterocycles. The third-order valence-corrected chi connectivity index (χ3v) is 5.62. The van der Waals surface area contributed by atoms with E-state index in [9.17, 15) is 4.79 Å². The molecule has 144 valence electrons. The van der Waals surface area contributed by atoms with Crippen molar-refractivity contribution in [1.82, 2.24) is 24.9 Å². The molecule has 0 spiro atoms. The Morgan fingerprint density at radius 3 is 2.74 bits per heavy atom. The van der Waals surface area contributed by atoms with Crippen LogP contribution in [0.15, 0.2) is 16.8 Å². The van der Waals surface area contributed by atoms with Gasteiger partial charge in [-0.2, -0.15) is 0 Å². The van der Waals surface area contributed by atoms with E-state index in [0.717, 1.165) is 43.9 Å². The highest BCUT2D eigenvalue weighted by Crippen LogP contribution is 2.28. The summed E-state index contributed by atoms with van der Waals surface area (Å²) in [7, 11) is 2.13. The van der Waals surface area contributed by atoms with Crippen molar-refractivity contribution in [3.63, 3.8) is 0 Å². The minimum atomic E-state index is -0.0674. The van der Waals surface area contributed by atoms with Gasteiger partial charge in [-0.05, 0) is 25.8 Å². The van der Waals surface area contributed by atoms with Crippen LogP contribution in [0.3, 0.4) is 0 Å². The SMILES string of the molecule is CC(C)c1cc(C(=O)N2CCC(c3ncc4c(n3)CCN(C)C4)CC2)on1. The van der Waals surface area contributed by atoms with Gasteiger partial charge in [-0.3, -0.25) is 4.79 Å². The molecule has 0 atom stereocenters. The molecule has 0 radical (unpaired) electrons. The molecule has 7 heteroatoms. The average Bonchev–Trinajstić information content (AvgIpc) is 3.18. The molecule has 2 aromatic rings. The van der Waals surface area contributed by atoms with Crippen molar-refractivity contribution in [3.8, 4) is 0 Å². The highest BCUT2D eigenvalue weighted by Gasteiger charge is 2.29. The van der Waals surface area contributed by atoms with Crippen LogP contribution in [-0.4, -0.2) is 57.5 Å². The number of likely N-dealkylation sites (N-methyl/N-ethyl adjacent to an activating group) is 1. The van der Waals surface area contributed by atoms with Crippen LogP contribution in [0.1, 0.15) is 71.9 Å². The fourth-order valence-corrected chi connectivity index (χ4v) is 3.83. The summed E-state index contributed by atoms with van der Waals surface area (Å²) in [6.07, 6.45) is 4.75. The van der Waals surface area contributed by atoms with E-state index in [2.05, 4.69) is 22.1 Å². The molecule has 1 saturated heterocycles. The van der Waals surface area contributed by atoms with E-state index < -0.39 is 0 Å². The second-order valence-corrected chi connectivity index (χ2v) is 8.03. The number of aromatic nitrogens is 3. The zero-order valence-electron chi connectivity index (χ0n) is 16.3. The lowest BCUT2D eigenvalue weighted by Gasteiger charge is -2.31. The monoisotopic (exact) mass is 369 g/mol. The Morgan fingerprint density at radius 2 is 2.04 bits per heavy atom. The number of amides is 1.